The predicted octanol–water partition coefficient (Wildman–Crippen LogP) is 2.81. The third-order valence-corrected chi connectivity index (χ3v) is 5.12. The van der Waals surface area contributed by atoms with E-state index >= 15 is 0 Å². The normalized spacial score (nSPS) is 10.9. The maximum atomic E-state index is 13.2. The Kier molecular flexibility index (Phi) is 5.75. The number of rotatable bonds is 6. The number of anilines is 1. The first-order valence-corrected chi connectivity index (χ1v) is 10.1. The first-order chi connectivity index (χ1) is 15.1. The summed E-state index contributed by atoms with van der Waals surface area (Å²) < 4.78 is 2.41. The molecule has 2 aromatic carbocycles. The molecule has 4 aromatic rings. The van der Waals surface area contributed by atoms with Gasteiger partial charge in [-0.2, -0.15) is 0 Å². The van der Waals surface area contributed by atoms with Gasteiger partial charge in [-0.1, -0.05) is 49.4 Å². The van der Waals surface area contributed by atoms with Crippen LogP contribution in [0.5, 0.6) is 0 Å². The number of aryl methyl sites for hydroxylation is 1. The van der Waals surface area contributed by atoms with Gasteiger partial charge in [0.1, 0.15) is 6.54 Å². The fourth-order valence-corrected chi connectivity index (χ4v) is 3.47. The van der Waals surface area contributed by atoms with Crippen LogP contribution in [-0.4, -0.2) is 20.0 Å². The zero-order valence-corrected chi connectivity index (χ0v) is 17.1. The summed E-state index contributed by atoms with van der Waals surface area (Å²) in [6, 6.07) is 20.0. The molecule has 0 aliphatic rings. The van der Waals surface area contributed by atoms with E-state index in [0.29, 0.717) is 11.2 Å². The van der Waals surface area contributed by atoms with Crippen molar-refractivity contribution >= 4 is 22.6 Å². The predicted molar refractivity (Wildman–Crippen MR) is 120 cm³/mol. The Morgan fingerprint density at radius 2 is 1.65 bits per heavy atom. The van der Waals surface area contributed by atoms with Crippen LogP contribution in [0.1, 0.15) is 18.1 Å². The van der Waals surface area contributed by atoms with E-state index in [-0.39, 0.29) is 24.5 Å². The highest BCUT2D eigenvalue weighted by atomic mass is 16.2. The highest BCUT2D eigenvalue weighted by Crippen LogP contribution is 2.11. The van der Waals surface area contributed by atoms with E-state index < -0.39 is 11.2 Å². The van der Waals surface area contributed by atoms with E-state index in [1.807, 2.05) is 54.6 Å². The molecule has 1 amide bonds. The lowest BCUT2D eigenvalue weighted by Crippen LogP contribution is -2.42. The minimum atomic E-state index is -0.550. The van der Waals surface area contributed by atoms with Crippen LogP contribution in [-0.2, 0) is 24.3 Å². The van der Waals surface area contributed by atoms with Crippen molar-refractivity contribution in [3.05, 3.63) is 105 Å². The van der Waals surface area contributed by atoms with Gasteiger partial charge in [0.2, 0.25) is 5.91 Å². The summed E-state index contributed by atoms with van der Waals surface area (Å²) in [5.41, 5.74) is 2.08. The van der Waals surface area contributed by atoms with Crippen LogP contribution >= 0.6 is 0 Å². The number of aromatic nitrogens is 3. The van der Waals surface area contributed by atoms with Gasteiger partial charge in [-0.3, -0.25) is 18.7 Å². The molecule has 0 fully saturated rings. The number of benzene rings is 2. The van der Waals surface area contributed by atoms with Crippen molar-refractivity contribution in [3.63, 3.8) is 0 Å². The van der Waals surface area contributed by atoms with E-state index in [0.717, 1.165) is 16.6 Å². The number of carbonyl (C=O) groups is 1. The van der Waals surface area contributed by atoms with Gasteiger partial charge in [0.05, 0.1) is 12.1 Å². The Hall–Kier alpha value is -4.00. The highest BCUT2D eigenvalue weighted by Gasteiger charge is 2.16. The molecule has 0 aliphatic carbocycles. The smallest absolute Gasteiger partial charge is 0.325 e. The summed E-state index contributed by atoms with van der Waals surface area (Å²) in [7, 11) is 0. The van der Waals surface area contributed by atoms with Gasteiger partial charge in [-0.15, -0.1) is 0 Å². The molecule has 156 valence electrons. The standard InChI is InChI=1S/C24H22N4O3/c1-2-17-10-12-19(13-11-17)26-21(29)16-27-20-9-6-14-25-22(20)23(30)28(24(27)31)15-18-7-4-3-5-8-18/h3-14H,2,15-16H2,1H3,(H,26,29). The van der Waals surface area contributed by atoms with Gasteiger partial charge >= 0.3 is 5.69 Å². The third kappa shape index (κ3) is 4.30. The largest absolute Gasteiger partial charge is 0.332 e. The SMILES string of the molecule is CCc1ccc(NC(=O)Cn2c(=O)n(Cc3ccccc3)c(=O)c3ncccc32)cc1. The summed E-state index contributed by atoms with van der Waals surface area (Å²) in [4.78, 5) is 43.0. The quantitative estimate of drug-likeness (QED) is 0.526. The maximum absolute atomic E-state index is 13.2. The molecule has 0 radical (unpaired) electrons. The number of nitrogens with zero attached hydrogens (tertiary/aromatic N) is 3. The lowest BCUT2D eigenvalue weighted by Gasteiger charge is -2.14. The first-order valence-electron chi connectivity index (χ1n) is 10.1. The summed E-state index contributed by atoms with van der Waals surface area (Å²) >= 11 is 0. The lowest BCUT2D eigenvalue weighted by molar-refractivity contribution is -0.116. The molecule has 4 rings (SSSR count). The molecule has 0 saturated carbocycles. The van der Waals surface area contributed by atoms with E-state index in [1.165, 1.54) is 16.3 Å². The average molecular weight is 414 g/mol. The van der Waals surface area contributed by atoms with Crippen LogP contribution in [0.2, 0.25) is 0 Å². The molecule has 0 unspecified atom stereocenters. The third-order valence-electron chi connectivity index (χ3n) is 5.12. The first kappa shape index (κ1) is 20.3. The summed E-state index contributed by atoms with van der Waals surface area (Å²) in [6.07, 6.45) is 2.41. The molecular formula is C24H22N4O3. The van der Waals surface area contributed by atoms with E-state index in [1.54, 1.807) is 12.1 Å². The van der Waals surface area contributed by atoms with Crippen molar-refractivity contribution < 1.29 is 4.79 Å². The Morgan fingerprint density at radius 3 is 2.35 bits per heavy atom. The van der Waals surface area contributed by atoms with Crippen LogP contribution in [0.4, 0.5) is 5.69 Å². The van der Waals surface area contributed by atoms with Crippen LogP contribution in [0.3, 0.4) is 0 Å². The van der Waals surface area contributed by atoms with E-state index in [2.05, 4.69) is 17.2 Å². The second-order valence-electron chi connectivity index (χ2n) is 7.22. The molecule has 7 heteroatoms. The molecule has 7 nitrogen and oxygen atoms in total. The summed E-state index contributed by atoms with van der Waals surface area (Å²) in [5, 5.41) is 2.81. The van der Waals surface area contributed by atoms with Crippen molar-refractivity contribution in [1.82, 2.24) is 14.1 Å². The topological polar surface area (TPSA) is 86.0 Å². The molecule has 2 aromatic heterocycles. The average Bonchev–Trinajstić information content (AvgIpc) is 2.80. The number of fused-ring (bicyclic) bond motifs is 1. The van der Waals surface area contributed by atoms with Crippen LogP contribution in [0.25, 0.3) is 11.0 Å². The molecule has 31 heavy (non-hydrogen) atoms. The molecule has 0 saturated heterocycles. The fourth-order valence-electron chi connectivity index (χ4n) is 3.47. The van der Waals surface area contributed by atoms with Crippen molar-refractivity contribution in [2.75, 3.05) is 5.32 Å². The summed E-state index contributed by atoms with van der Waals surface area (Å²) in [5.74, 6) is -0.360. The monoisotopic (exact) mass is 414 g/mol. The van der Waals surface area contributed by atoms with Crippen LogP contribution in [0.15, 0.2) is 82.5 Å². The number of pyridine rings is 1. The van der Waals surface area contributed by atoms with Crippen LogP contribution in [0, 0.1) is 0 Å². The van der Waals surface area contributed by atoms with E-state index in [9.17, 15) is 14.4 Å². The Balaban J connectivity index is 1.71. The lowest BCUT2D eigenvalue weighted by atomic mass is 10.1. The minimum Gasteiger partial charge on any atom is -0.325 e. The molecule has 0 bridgehead atoms. The van der Waals surface area contributed by atoms with Gasteiger partial charge in [0.15, 0.2) is 5.52 Å². The molecule has 2 heterocycles. The van der Waals surface area contributed by atoms with Gasteiger partial charge in [-0.05, 0) is 41.8 Å². The molecule has 0 aliphatic heterocycles. The van der Waals surface area contributed by atoms with Crippen molar-refractivity contribution in [2.24, 2.45) is 0 Å². The minimum absolute atomic E-state index is 0.102. The number of amides is 1. The maximum Gasteiger partial charge on any atom is 0.332 e. The molecule has 1 N–H and O–H groups in total. The van der Waals surface area contributed by atoms with Crippen molar-refractivity contribution in [3.8, 4) is 0 Å². The van der Waals surface area contributed by atoms with Gasteiger partial charge < -0.3 is 5.32 Å². The highest BCUT2D eigenvalue weighted by molar-refractivity contribution is 5.91. The zero-order valence-electron chi connectivity index (χ0n) is 17.1. The van der Waals surface area contributed by atoms with Gasteiger partial charge in [0.25, 0.3) is 5.56 Å². The Labute approximate surface area is 178 Å². The Bertz CT molecular complexity index is 1340. The zero-order chi connectivity index (χ0) is 21.8. The number of hydrogen-bond acceptors (Lipinski definition) is 4. The van der Waals surface area contributed by atoms with Gasteiger partial charge in [-0.25, -0.2) is 9.78 Å². The van der Waals surface area contributed by atoms with E-state index in [4.69, 9.17) is 0 Å². The number of hydrogen-bond donors (Lipinski definition) is 1. The Morgan fingerprint density at radius 1 is 0.903 bits per heavy atom. The fraction of sp³-hybridized carbons (Fsp3) is 0.167. The second-order valence-corrected chi connectivity index (χ2v) is 7.22. The molecule has 0 spiro atoms. The number of carbonyl (C=O) groups excluding carboxylic acids is 1. The van der Waals surface area contributed by atoms with Crippen LogP contribution < -0.4 is 16.6 Å². The number of nitrogens with one attached hydrogen (secondary N) is 1. The van der Waals surface area contributed by atoms with Crippen molar-refractivity contribution in [1.29, 1.82) is 0 Å². The van der Waals surface area contributed by atoms with Gasteiger partial charge in [0, 0.05) is 11.9 Å². The molecular weight excluding hydrogens is 392 g/mol. The van der Waals surface area contributed by atoms with Crippen molar-refractivity contribution in [2.45, 2.75) is 26.4 Å². The second kappa shape index (κ2) is 8.79. The summed E-state index contributed by atoms with van der Waals surface area (Å²) in [6.45, 7) is 1.93. The molecule has 0 atom stereocenters.